The topological polar surface area (TPSA) is 330 Å². The Morgan fingerprint density at radius 3 is 1.02 bits per heavy atom. The van der Waals surface area contributed by atoms with Crippen molar-refractivity contribution >= 4 is 23.6 Å². The molecule has 44 heavy (non-hydrogen) atoms. The highest BCUT2D eigenvalue weighted by Crippen LogP contribution is 1.98. The molecule has 0 saturated carbocycles. The van der Waals surface area contributed by atoms with E-state index in [-0.39, 0.29) is 49.0 Å². The van der Waals surface area contributed by atoms with E-state index in [1.54, 1.807) is 0 Å². The fourth-order valence-electron chi connectivity index (χ4n) is 2.61. The molecule has 4 amide bonds. The molecule has 0 spiro atoms. The summed E-state index contributed by atoms with van der Waals surface area (Å²) in [4.78, 5) is 61.8. The Bertz CT molecular complexity index is 1100. The van der Waals surface area contributed by atoms with Crippen molar-refractivity contribution in [3.63, 3.8) is 0 Å². The predicted molar refractivity (Wildman–Crippen MR) is 146 cm³/mol. The number of hydrogen-bond donors (Lipinski definition) is 12. The first kappa shape index (κ1) is 37.7. The molecule has 0 aliphatic heterocycles. The monoisotopic (exact) mass is 628 g/mol. The predicted octanol–water partition coefficient (Wildman–Crippen LogP) is -6.71. The van der Waals surface area contributed by atoms with Gasteiger partial charge in [-0.2, -0.15) is 0 Å². The fraction of sp³-hybridized carbons (Fsp3) is 0.500. The molecule has 2 aromatic rings. The minimum Gasteiger partial charge on any atom is -0.394 e. The van der Waals surface area contributed by atoms with E-state index in [0.29, 0.717) is 0 Å². The summed E-state index contributed by atoms with van der Waals surface area (Å²) in [5, 5.41) is 80.3. The highest BCUT2D eigenvalue weighted by atomic mass is 16.3. The average Bonchev–Trinajstić information content (AvgIpc) is 3.06. The van der Waals surface area contributed by atoms with Crippen LogP contribution in [0.1, 0.15) is 42.0 Å². The maximum atomic E-state index is 11.7. The van der Waals surface area contributed by atoms with E-state index < -0.39 is 74.5 Å². The number of amides is 4. The summed E-state index contributed by atoms with van der Waals surface area (Å²) in [6, 6.07) is 0. The van der Waals surface area contributed by atoms with Crippen molar-refractivity contribution in [2.75, 3.05) is 52.6 Å². The zero-order valence-electron chi connectivity index (χ0n) is 23.3. The van der Waals surface area contributed by atoms with Crippen LogP contribution in [0.15, 0.2) is 24.8 Å². The van der Waals surface area contributed by atoms with Crippen molar-refractivity contribution in [2.24, 2.45) is 0 Å². The number of aliphatic hydroxyl groups is 8. The van der Waals surface area contributed by atoms with Crippen molar-refractivity contribution in [3.05, 3.63) is 47.6 Å². The normalized spacial score (nSPS) is 13.3. The molecule has 0 aromatic carbocycles. The van der Waals surface area contributed by atoms with Gasteiger partial charge < -0.3 is 62.1 Å². The molecular formula is C24H36N8O12. The van der Waals surface area contributed by atoms with E-state index in [2.05, 4.69) is 41.2 Å². The number of aromatic nitrogens is 4. The second-order valence-corrected chi connectivity index (χ2v) is 8.76. The summed E-state index contributed by atoms with van der Waals surface area (Å²) in [6.07, 6.45) is 0.113. The van der Waals surface area contributed by atoms with Crippen LogP contribution in [0.25, 0.3) is 0 Å². The Morgan fingerprint density at radius 2 is 0.773 bits per heavy atom. The van der Waals surface area contributed by atoms with Crippen LogP contribution >= 0.6 is 0 Å². The van der Waals surface area contributed by atoms with E-state index in [0.717, 1.165) is 24.8 Å². The Hall–Kier alpha value is -4.28. The Labute approximate surface area is 249 Å². The van der Waals surface area contributed by atoms with Crippen LogP contribution in [0.2, 0.25) is 0 Å². The Morgan fingerprint density at radius 1 is 0.500 bits per heavy atom. The van der Waals surface area contributed by atoms with E-state index in [4.69, 9.17) is 40.9 Å². The summed E-state index contributed by atoms with van der Waals surface area (Å²) >= 11 is 0. The lowest BCUT2D eigenvalue weighted by molar-refractivity contribution is 0.0790. The smallest absolute Gasteiger partial charge is 0.271 e. The van der Waals surface area contributed by atoms with Gasteiger partial charge in [-0.15, -0.1) is 0 Å². The van der Waals surface area contributed by atoms with Gasteiger partial charge in [-0.25, -0.2) is 15.0 Å². The Balaban J connectivity index is 0.000000440. The molecule has 0 bridgehead atoms. The van der Waals surface area contributed by atoms with Gasteiger partial charge in [0.25, 0.3) is 23.6 Å². The van der Waals surface area contributed by atoms with Crippen molar-refractivity contribution in [1.29, 1.82) is 0 Å². The number of hydrogen-bond acceptors (Lipinski definition) is 16. The van der Waals surface area contributed by atoms with Crippen molar-refractivity contribution in [1.82, 2.24) is 41.2 Å². The molecule has 20 heteroatoms. The minimum absolute atomic E-state index is 0.0583. The lowest BCUT2D eigenvalue weighted by atomic mass is 10.3. The molecule has 0 radical (unpaired) electrons. The first-order valence-electron chi connectivity index (χ1n) is 12.9. The van der Waals surface area contributed by atoms with Crippen LogP contribution in [0.3, 0.4) is 0 Å². The maximum absolute atomic E-state index is 11.7. The number of carbonyl (C=O) groups excluding carboxylic acids is 4. The van der Waals surface area contributed by atoms with Crippen LogP contribution < -0.4 is 21.3 Å². The highest BCUT2D eigenvalue weighted by Gasteiger charge is 2.16. The zero-order valence-corrected chi connectivity index (χ0v) is 23.3. The molecular weight excluding hydrogens is 592 g/mol. The zero-order chi connectivity index (χ0) is 33.1. The van der Waals surface area contributed by atoms with E-state index in [1.165, 1.54) is 0 Å². The lowest BCUT2D eigenvalue weighted by Crippen LogP contribution is -2.36. The van der Waals surface area contributed by atoms with E-state index >= 15 is 0 Å². The standard InChI is InChI=1S/2C12H18N4O6/c17-5-7(19)1-15-11(21)9-3-14-10(4-13-9)12(22)16-2-8(20)6-18;17-5-7(19)1-14-11(21)9-3-13-4-10(16-9)12(22)15-2-8(20)6-18/h3-4,7-8,17-20H,1-2,5-6H2,(H,15,21)(H,16,22);3-4,7-8,17-20H,1-2,5-6H2,(H,14,21)(H,15,22). The van der Waals surface area contributed by atoms with Crippen molar-refractivity contribution < 1.29 is 60.0 Å². The van der Waals surface area contributed by atoms with Gasteiger partial charge in [-0.05, 0) is 0 Å². The summed E-state index contributed by atoms with van der Waals surface area (Å²) < 4.78 is 0. The molecule has 0 fully saturated rings. The molecule has 0 aliphatic rings. The molecule has 244 valence electrons. The first-order chi connectivity index (χ1) is 20.9. The summed E-state index contributed by atoms with van der Waals surface area (Å²) in [7, 11) is 0. The number of nitrogens with zero attached hydrogens (tertiary/aromatic N) is 4. The third-order valence-corrected chi connectivity index (χ3v) is 5.05. The van der Waals surface area contributed by atoms with Crippen LogP contribution in [0.5, 0.6) is 0 Å². The molecule has 0 saturated heterocycles. The molecule has 0 aliphatic carbocycles. The third-order valence-electron chi connectivity index (χ3n) is 5.05. The SMILES string of the molecule is O=C(NCC(O)CO)c1cnc(C(=O)NCC(O)CO)cn1.O=C(NCC(O)CO)c1cncc(C(=O)NCC(O)CO)n1. The molecule has 2 heterocycles. The fourth-order valence-corrected chi connectivity index (χ4v) is 2.61. The van der Waals surface area contributed by atoms with Crippen LogP contribution in [0.4, 0.5) is 0 Å². The molecule has 4 unspecified atom stereocenters. The summed E-state index contributed by atoms with van der Waals surface area (Å²) in [6.45, 7) is -2.58. The quantitative estimate of drug-likeness (QED) is 0.0821. The van der Waals surface area contributed by atoms with Gasteiger partial charge in [0, 0.05) is 26.2 Å². The second-order valence-electron chi connectivity index (χ2n) is 8.76. The summed E-state index contributed by atoms with van der Waals surface area (Å²) in [5.41, 5.74) is -0.393. The van der Waals surface area contributed by atoms with Crippen LogP contribution in [-0.4, -0.2) is 161 Å². The Kier molecular flexibility index (Phi) is 17.7. The summed E-state index contributed by atoms with van der Waals surface area (Å²) in [5.74, 6) is -2.54. The largest absolute Gasteiger partial charge is 0.394 e. The van der Waals surface area contributed by atoms with Crippen LogP contribution in [0, 0.1) is 0 Å². The molecule has 2 rings (SSSR count). The van der Waals surface area contributed by atoms with E-state index in [1.807, 2.05) is 0 Å². The number of rotatable bonds is 16. The van der Waals surface area contributed by atoms with Gasteiger partial charge in [0.1, 0.15) is 22.8 Å². The molecule has 2 aromatic heterocycles. The van der Waals surface area contributed by atoms with Gasteiger partial charge in [0.05, 0.1) is 75.6 Å². The van der Waals surface area contributed by atoms with Crippen molar-refractivity contribution in [3.8, 4) is 0 Å². The van der Waals surface area contributed by atoms with Crippen LogP contribution in [-0.2, 0) is 0 Å². The molecule has 12 N–H and O–H groups in total. The van der Waals surface area contributed by atoms with Crippen molar-refractivity contribution in [2.45, 2.75) is 24.4 Å². The second kappa shape index (κ2) is 20.6. The maximum Gasteiger partial charge on any atom is 0.271 e. The number of nitrogens with one attached hydrogen (secondary N) is 4. The lowest BCUT2D eigenvalue weighted by Gasteiger charge is -2.10. The third kappa shape index (κ3) is 14.3. The van der Waals surface area contributed by atoms with Gasteiger partial charge >= 0.3 is 0 Å². The average molecular weight is 629 g/mol. The van der Waals surface area contributed by atoms with E-state index in [9.17, 15) is 19.2 Å². The molecule has 20 nitrogen and oxygen atoms in total. The van der Waals surface area contributed by atoms with Gasteiger partial charge in [0.15, 0.2) is 0 Å². The van der Waals surface area contributed by atoms with Gasteiger partial charge in [-0.3, -0.25) is 24.2 Å². The number of aliphatic hydroxyl groups excluding tert-OH is 8. The molecule has 4 atom stereocenters. The first-order valence-corrected chi connectivity index (χ1v) is 12.9. The highest BCUT2D eigenvalue weighted by molar-refractivity contribution is 5.96. The minimum atomic E-state index is -1.09. The van der Waals surface area contributed by atoms with Gasteiger partial charge in [0.2, 0.25) is 0 Å². The number of carbonyl (C=O) groups is 4. The van der Waals surface area contributed by atoms with Gasteiger partial charge in [-0.1, -0.05) is 0 Å².